The summed E-state index contributed by atoms with van der Waals surface area (Å²) in [5.74, 6) is 1.87. The van der Waals surface area contributed by atoms with Crippen LogP contribution in [0, 0.1) is 0 Å². The molecule has 1 aliphatic carbocycles. The molecule has 0 radical (unpaired) electrons. The van der Waals surface area contributed by atoms with Gasteiger partial charge in [-0.05, 0) is 47.5 Å². The Labute approximate surface area is 210 Å². The van der Waals surface area contributed by atoms with E-state index in [4.69, 9.17) is 9.47 Å². The first-order valence-corrected chi connectivity index (χ1v) is 12.5. The van der Waals surface area contributed by atoms with Crippen LogP contribution in [0.3, 0.4) is 0 Å². The molecular weight excluding hydrogens is 456 g/mol. The number of ether oxygens (including phenoxy) is 2. The van der Waals surface area contributed by atoms with E-state index in [2.05, 4.69) is 44.5 Å². The van der Waals surface area contributed by atoms with Gasteiger partial charge in [-0.3, -0.25) is 9.69 Å². The summed E-state index contributed by atoms with van der Waals surface area (Å²) >= 11 is 0. The molecule has 2 aromatic carbocycles. The molecule has 4 aromatic rings. The summed E-state index contributed by atoms with van der Waals surface area (Å²) in [6, 6.07) is 15.7. The van der Waals surface area contributed by atoms with Gasteiger partial charge in [0, 0.05) is 23.6 Å². The lowest BCUT2D eigenvalue weighted by molar-refractivity contribution is 0.210. The Balaban J connectivity index is 1.67. The lowest BCUT2D eigenvalue weighted by Gasteiger charge is -2.30. The van der Waals surface area contributed by atoms with E-state index in [0.29, 0.717) is 41.5 Å². The number of nitrogens with zero attached hydrogens (tertiary/aromatic N) is 5. The zero-order chi connectivity index (χ0) is 25.1. The zero-order valence-corrected chi connectivity index (χ0v) is 21.0. The molecule has 188 valence electrons. The maximum Gasteiger partial charge on any atom is 0.253 e. The minimum Gasteiger partial charge on any atom is -0.493 e. The SMILES string of the molecule is CCN(Cc1ccccc1)C(c1cc2cc(OC)c(OC)cc2[nH]c1=O)c1nnnn1C1CCCC1. The van der Waals surface area contributed by atoms with Gasteiger partial charge in [0.25, 0.3) is 5.56 Å². The monoisotopic (exact) mass is 488 g/mol. The first-order valence-electron chi connectivity index (χ1n) is 12.5. The van der Waals surface area contributed by atoms with Gasteiger partial charge in [0.1, 0.15) is 6.04 Å². The van der Waals surface area contributed by atoms with Crippen LogP contribution in [0.4, 0.5) is 0 Å². The lowest BCUT2D eigenvalue weighted by Crippen LogP contribution is -2.35. The molecule has 1 fully saturated rings. The normalized spacial score (nSPS) is 15.0. The second kappa shape index (κ2) is 10.5. The smallest absolute Gasteiger partial charge is 0.253 e. The number of benzene rings is 2. The van der Waals surface area contributed by atoms with Crippen molar-refractivity contribution in [3.8, 4) is 11.5 Å². The van der Waals surface area contributed by atoms with E-state index in [1.807, 2.05) is 35.0 Å². The number of aromatic amines is 1. The predicted molar refractivity (Wildman–Crippen MR) is 137 cm³/mol. The molecule has 0 aliphatic heterocycles. The molecule has 0 spiro atoms. The van der Waals surface area contributed by atoms with Gasteiger partial charge in [-0.1, -0.05) is 50.1 Å². The summed E-state index contributed by atoms with van der Waals surface area (Å²) in [6.45, 7) is 3.46. The predicted octanol–water partition coefficient (Wildman–Crippen LogP) is 4.26. The lowest BCUT2D eigenvalue weighted by atomic mass is 10.0. The number of H-pyrrole nitrogens is 1. The molecule has 9 nitrogen and oxygen atoms in total. The number of rotatable bonds is 9. The topological polar surface area (TPSA) is 98.2 Å². The van der Waals surface area contributed by atoms with E-state index >= 15 is 0 Å². The number of hydrogen-bond acceptors (Lipinski definition) is 7. The number of aromatic nitrogens is 5. The van der Waals surface area contributed by atoms with Gasteiger partial charge in [-0.15, -0.1) is 5.10 Å². The molecule has 2 heterocycles. The molecule has 0 amide bonds. The van der Waals surface area contributed by atoms with Gasteiger partial charge in [0.2, 0.25) is 0 Å². The number of hydrogen-bond donors (Lipinski definition) is 1. The van der Waals surface area contributed by atoms with Crippen molar-refractivity contribution in [3.05, 3.63) is 75.8 Å². The first-order chi connectivity index (χ1) is 17.6. The molecule has 1 unspecified atom stereocenters. The maximum absolute atomic E-state index is 13.6. The van der Waals surface area contributed by atoms with Crippen LogP contribution in [0.15, 0.2) is 53.3 Å². The average molecular weight is 489 g/mol. The van der Waals surface area contributed by atoms with Crippen molar-refractivity contribution < 1.29 is 9.47 Å². The summed E-state index contributed by atoms with van der Waals surface area (Å²) in [5.41, 5.74) is 2.27. The van der Waals surface area contributed by atoms with Gasteiger partial charge in [-0.2, -0.15) is 0 Å². The number of fused-ring (bicyclic) bond motifs is 1. The van der Waals surface area contributed by atoms with Crippen LogP contribution >= 0.6 is 0 Å². The Morgan fingerprint density at radius 3 is 2.50 bits per heavy atom. The van der Waals surface area contributed by atoms with Crippen LogP contribution < -0.4 is 15.0 Å². The Kier molecular flexibility index (Phi) is 6.99. The van der Waals surface area contributed by atoms with Crippen LogP contribution in [0.25, 0.3) is 10.9 Å². The molecule has 2 aromatic heterocycles. The van der Waals surface area contributed by atoms with Gasteiger partial charge < -0.3 is 14.5 Å². The van der Waals surface area contributed by atoms with E-state index in [1.54, 1.807) is 20.3 Å². The summed E-state index contributed by atoms with van der Waals surface area (Å²) in [5, 5.41) is 13.8. The summed E-state index contributed by atoms with van der Waals surface area (Å²) in [6.07, 6.45) is 4.41. The highest BCUT2D eigenvalue weighted by molar-refractivity contribution is 5.83. The average Bonchev–Trinajstić information content (AvgIpc) is 3.61. The second-order valence-corrected chi connectivity index (χ2v) is 9.22. The van der Waals surface area contributed by atoms with E-state index in [1.165, 1.54) is 0 Å². The number of pyridine rings is 1. The Hall–Kier alpha value is -3.72. The third-order valence-electron chi connectivity index (χ3n) is 7.10. The second-order valence-electron chi connectivity index (χ2n) is 9.22. The van der Waals surface area contributed by atoms with Crippen molar-refractivity contribution in [1.82, 2.24) is 30.1 Å². The fourth-order valence-corrected chi connectivity index (χ4v) is 5.25. The fourth-order valence-electron chi connectivity index (χ4n) is 5.25. The maximum atomic E-state index is 13.6. The molecule has 0 bridgehead atoms. The van der Waals surface area contributed by atoms with Crippen molar-refractivity contribution in [2.75, 3.05) is 20.8 Å². The minimum absolute atomic E-state index is 0.174. The molecule has 1 aliphatic rings. The summed E-state index contributed by atoms with van der Waals surface area (Å²) < 4.78 is 12.9. The Bertz CT molecular complexity index is 1380. The van der Waals surface area contributed by atoms with Crippen LogP contribution in [0.1, 0.15) is 61.6 Å². The molecule has 1 N–H and O–H groups in total. The van der Waals surface area contributed by atoms with Crippen LogP contribution in [0.5, 0.6) is 11.5 Å². The van der Waals surface area contributed by atoms with E-state index < -0.39 is 6.04 Å². The van der Waals surface area contributed by atoms with Gasteiger partial charge in [-0.25, -0.2) is 4.68 Å². The quantitative estimate of drug-likeness (QED) is 0.376. The van der Waals surface area contributed by atoms with E-state index in [-0.39, 0.29) is 11.6 Å². The highest BCUT2D eigenvalue weighted by Gasteiger charge is 2.32. The summed E-state index contributed by atoms with van der Waals surface area (Å²) in [4.78, 5) is 18.9. The largest absolute Gasteiger partial charge is 0.493 e. The molecule has 36 heavy (non-hydrogen) atoms. The molecule has 0 saturated heterocycles. The van der Waals surface area contributed by atoms with Crippen molar-refractivity contribution in [3.63, 3.8) is 0 Å². The highest BCUT2D eigenvalue weighted by Crippen LogP contribution is 2.36. The number of tetrazole rings is 1. The number of nitrogens with one attached hydrogen (secondary N) is 1. The number of methoxy groups -OCH3 is 2. The van der Waals surface area contributed by atoms with Gasteiger partial charge in [0.15, 0.2) is 17.3 Å². The van der Waals surface area contributed by atoms with Crippen molar-refractivity contribution in [1.29, 1.82) is 0 Å². The molecule has 5 rings (SSSR count). The van der Waals surface area contributed by atoms with Crippen LogP contribution in [-0.2, 0) is 6.54 Å². The highest BCUT2D eigenvalue weighted by atomic mass is 16.5. The minimum atomic E-state index is -0.424. The molecule has 9 heteroatoms. The van der Waals surface area contributed by atoms with Crippen LogP contribution in [-0.4, -0.2) is 50.9 Å². The Morgan fingerprint density at radius 1 is 1.08 bits per heavy atom. The van der Waals surface area contributed by atoms with Crippen molar-refractivity contribution in [2.24, 2.45) is 0 Å². The molecular formula is C27H32N6O3. The Morgan fingerprint density at radius 2 is 1.81 bits per heavy atom. The zero-order valence-electron chi connectivity index (χ0n) is 21.0. The van der Waals surface area contributed by atoms with Gasteiger partial charge in [0.05, 0.1) is 25.8 Å². The first kappa shape index (κ1) is 24.0. The van der Waals surface area contributed by atoms with Crippen molar-refractivity contribution >= 4 is 10.9 Å². The molecule has 1 atom stereocenters. The van der Waals surface area contributed by atoms with E-state index in [9.17, 15) is 4.79 Å². The van der Waals surface area contributed by atoms with Crippen LogP contribution in [0.2, 0.25) is 0 Å². The standard InChI is InChI=1S/C27H32N6O3/c1-4-32(17-18-10-6-5-7-11-18)25(26-29-30-31-33(26)20-12-8-9-13-20)21-14-19-15-23(35-2)24(36-3)16-22(19)28-27(21)34/h5-7,10-11,14-16,20,25H,4,8-9,12-13,17H2,1-3H3,(H,28,34). The third-order valence-corrected chi connectivity index (χ3v) is 7.10. The third kappa shape index (κ3) is 4.58. The van der Waals surface area contributed by atoms with E-state index in [0.717, 1.165) is 36.6 Å². The fraction of sp³-hybridized carbons (Fsp3) is 0.407. The summed E-state index contributed by atoms with van der Waals surface area (Å²) in [7, 11) is 3.19. The van der Waals surface area contributed by atoms with Gasteiger partial charge >= 0.3 is 0 Å². The molecule has 1 saturated carbocycles. The van der Waals surface area contributed by atoms with Crippen molar-refractivity contribution in [2.45, 2.75) is 51.2 Å².